The first-order valence-electron chi connectivity index (χ1n) is 12.0. The van der Waals surface area contributed by atoms with Gasteiger partial charge in [-0.05, 0) is 77.4 Å². The molecule has 0 radical (unpaired) electrons. The van der Waals surface area contributed by atoms with E-state index in [-0.39, 0.29) is 0 Å². The van der Waals surface area contributed by atoms with E-state index in [4.69, 9.17) is 21.1 Å². The van der Waals surface area contributed by atoms with Gasteiger partial charge < -0.3 is 19.9 Å². The molecule has 0 unspecified atom stereocenters. The lowest BCUT2D eigenvalue weighted by Gasteiger charge is -2.17. The molecule has 0 saturated carbocycles. The van der Waals surface area contributed by atoms with Crippen molar-refractivity contribution in [1.29, 1.82) is 0 Å². The summed E-state index contributed by atoms with van der Waals surface area (Å²) in [5.74, 6) is -0.806. The van der Waals surface area contributed by atoms with Gasteiger partial charge in [-0.25, -0.2) is 4.79 Å². The topological polar surface area (TPSA) is 84.9 Å². The number of amides is 1. The molecule has 0 aliphatic rings. The summed E-state index contributed by atoms with van der Waals surface area (Å²) in [4.78, 5) is 24.8. The van der Waals surface area contributed by atoms with Crippen LogP contribution in [0.1, 0.15) is 33.5 Å². The van der Waals surface area contributed by atoms with Gasteiger partial charge in [0.15, 0.2) is 0 Å². The predicted octanol–water partition coefficient (Wildman–Crippen LogP) is 5.98. The van der Waals surface area contributed by atoms with Gasteiger partial charge in [-0.3, -0.25) is 4.79 Å². The molecule has 0 spiro atoms. The fourth-order valence-corrected chi connectivity index (χ4v) is 4.38. The van der Waals surface area contributed by atoms with Crippen molar-refractivity contribution >= 4 is 35.2 Å². The van der Waals surface area contributed by atoms with E-state index in [1.54, 1.807) is 17.8 Å². The highest BCUT2D eigenvalue weighted by Crippen LogP contribution is 2.28. The molecule has 0 saturated heterocycles. The second-order valence-corrected chi connectivity index (χ2v) is 9.99. The van der Waals surface area contributed by atoms with E-state index in [0.29, 0.717) is 49.2 Å². The number of nitrogens with one attached hydrogen (secondary N) is 1. The van der Waals surface area contributed by atoms with Crippen LogP contribution in [0.3, 0.4) is 0 Å². The lowest BCUT2D eigenvalue weighted by atomic mass is 9.93. The molecule has 1 amide bonds. The zero-order chi connectivity index (χ0) is 26.6. The van der Waals surface area contributed by atoms with Crippen molar-refractivity contribution in [2.45, 2.75) is 32.6 Å². The number of carbonyl (C=O) groups is 2. The number of carboxylic acid groups (broad SMARTS) is 1. The van der Waals surface area contributed by atoms with E-state index in [1.165, 1.54) is 0 Å². The maximum atomic E-state index is 13.2. The predicted molar refractivity (Wildman–Crippen MR) is 149 cm³/mol. The Labute approximate surface area is 227 Å². The SMILES string of the molecule is CSCC[C@H](NC(=O)c1ccc(COCCOCc2ccc(Cl)cc2)cc1-c1ccccc1C)C(=O)O. The minimum absolute atomic E-state index is 0.355. The fourth-order valence-electron chi connectivity index (χ4n) is 3.78. The first-order valence-corrected chi connectivity index (χ1v) is 13.8. The largest absolute Gasteiger partial charge is 0.480 e. The summed E-state index contributed by atoms with van der Waals surface area (Å²) in [5.41, 5.74) is 5.05. The van der Waals surface area contributed by atoms with Crippen molar-refractivity contribution < 1.29 is 24.2 Å². The maximum Gasteiger partial charge on any atom is 0.326 e. The molecule has 8 heteroatoms. The second kappa shape index (κ2) is 14.8. The van der Waals surface area contributed by atoms with Gasteiger partial charge in [-0.2, -0.15) is 11.8 Å². The van der Waals surface area contributed by atoms with Crippen molar-refractivity contribution in [2.75, 3.05) is 25.2 Å². The number of aryl methyl sites for hydroxylation is 1. The average molecular weight is 542 g/mol. The molecule has 3 rings (SSSR count). The lowest BCUT2D eigenvalue weighted by molar-refractivity contribution is -0.139. The number of hydrogen-bond donors (Lipinski definition) is 2. The molecule has 3 aromatic rings. The van der Waals surface area contributed by atoms with Gasteiger partial charge in [0.05, 0.1) is 26.4 Å². The molecule has 0 aliphatic carbocycles. The number of carboxylic acids is 1. The summed E-state index contributed by atoms with van der Waals surface area (Å²) in [6.45, 7) is 3.69. The van der Waals surface area contributed by atoms with Crippen molar-refractivity contribution in [3.05, 3.63) is 94.0 Å². The molecular weight excluding hydrogens is 510 g/mol. The highest BCUT2D eigenvalue weighted by molar-refractivity contribution is 7.98. The van der Waals surface area contributed by atoms with Crippen LogP contribution in [0.5, 0.6) is 0 Å². The maximum absolute atomic E-state index is 13.2. The third kappa shape index (κ3) is 8.90. The minimum atomic E-state index is -1.04. The normalized spacial score (nSPS) is 11.8. The first-order chi connectivity index (χ1) is 17.9. The monoisotopic (exact) mass is 541 g/mol. The van der Waals surface area contributed by atoms with E-state index >= 15 is 0 Å². The number of halogens is 1. The molecule has 37 heavy (non-hydrogen) atoms. The third-order valence-corrected chi connectivity index (χ3v) is 6.70. The van der Waals surface area contributed by atoms with Crippen molar-refractivity contribution in [2.24, 2.45) is 0 Å². The molecular formula is C29H32ClNO5S. The highest BCUT2D eigenvalue weighted by atomic mass is 35.5. The quantitative estimate of drug-likeness (QED) is 0.244. The lowest BCUT2D eigenvalue weighted by Crippen LogP contribution is -2.41. The summed E-state index contributed by atoms with van der Waals surface area (Å²) < 4.78 is 11.5. The Morgan fingerprint density at radius 2 is 1.59 bits per heavy atom. The highest BCUT2D eigenvalue weighted by Gasteiger charge is 2.22. The van der Waals surface area contributed by atoms with E-state index in [0.717, 1.165) is 27.8 Å². The Morgan fingerprint density at radius 3 is 2.24 bits per heavy atom. The van der Waals surface area contributed by atoms with Crippen LogP contribution in [0.15, 0.2) is 66.7 Å². The summed E-state index contributed by atoms with van der Waals surface area (Å²) in [5, 5.41) is 12.9. The van der Waals surface area contributed by atoms with Crippen molar-refractivity contribution in [1.82, 2.24) is 5.32 Å². The van der Waals surface area contributed by atoms with Crippen LogP contribution in [-0.2, 0) is 27.5 Å². The van der Waals surface area contributed by atoms with Gasteiger partial charge in [-0.15, -0.1) is 0 Å². The van der Waals surface area contributed by atoms with E-state index in [2.05, 4.69) is 5.32 Å². The van der Waals surface area contributed by atoms with Crippen LogP contribution >= 0.6 is 23.4 Å². The van der Waals surface area contributed by atoms with Gasteiger partial charge in [-0.1, -0.05) is 54.1 Å². The molecule has 1 atom stereocenters. The Balaban J connectivity index is 1.67. The van der Waals surface area contributed by atoms with Crippen LogP contribution in [0.2, 0.25) is 5.02 Å². The Morgan fingerprint density at radius 1 is 0.946 bits per heavy atom. The van der Waals surface area contributed by atoms with Crippen LogP contribution in [0.4, 0.5) is 0 Å². The molecule has 0 bridgehead atoms. The molecule has 196 valence electrons. The molecule has 0 aromatic heterocycles. The zero-order valence-corrected chi connectivity index (χ0v) is 22.6. The number of hydrogen-bond acceptors (Lipinski definition) is 5. The van der Waals surface area contributed by atoms with E-state index in [9.17, 15) is 14.7 Å². The number of aliphatic carboxylic acids is 1. The van der Waals surface area contributed by atoms with Crippen LogP contribution < -0.4 is 5.32 Å². The Hall–Kier alpha value is -2.84. The second-order valence-electron chi connectivity index (χ2n) is 8.57. The van der Waals surface area contributed by atoms with Crippen LogP contribution in [0.25, 0.3) is 11.1 Å². The van der Waals surface area contributed by atoms with Gasteiger partial charge in [0.25, 0.3) is 5.91 Å². The molecule has 0 aliphatic heterocycles. The molecule has 2 N–H and O–H groups in total. The third-order valence-electron chi connectivity index (χ3n) is 5.80. The summed E-state index contributed by atoms with van der Waals surface area (Å²) in [7, 11) is 0. The fraction of sp³-hybridized carbons (Fsp3) is 0.310. The summed E-state index contributed by atoms with van der Waals surface area (Å²) >= 11 is 7.45. The minimum Gasteiger partial charge on any atom is -0.480 e. The smallest absolute Gasteiger partial charge is 0.326 e. The van der Waals surface area contributed by atoms with Gasteiger partial charge in [0.1, 0.15) is 6.04 Å². The number of rotatable bonds is 14. The number of carbonyl (C=O) groups excluding carboxylic acids is 1. The first kappa shape index (κ1) is 28.7. The molecule has 0 fully saturated rings. The average Bonchev–Trinajstić information content (AvgIpc) is 2.89. The van der Waals surface area contributed by atoms with Gasteiger partial charge in [0.2, 0.25) is 0 Å². The van der Waals surface area contributed by atoms with Crippen molar-refractivity contribution in [3.63, 3.8) is 0 Å². The van der Waals surface area contributed by atoms with E-state index in [1.807, 2.05) is 73.8 Å². The standard InChI is InChI=1S/C29H32ClNO5S/c1-20-5-3-4-6-24(20)26-17-22(19-36-15-14-35-18-21-7-10-23(30)11-8-21)9-12-25(26)28(32)31-27(29(33)34)13-16-37-2/h3-12,17,27H,13-16,18-19H2,1-2H3,(H,31,32)(H,33,34)/t27-/m0/s1. The number of thioether (sulfide) groups is 1. The number of ether oxygens (including phenoxy) is 2. The van der Waals surface area contributed by atoms with Gasteiger partial charge >= 0.3 is 5.97 Å². The van der Waals surface area contributed by atoms with Crippen molar-refractivity contribution in [3.8, 4) is 11.1 Å². The molecule has 0 heterocycles. The molecule has 3 aromatic carbocycles. The molecule has 6 nitrogen and oxygen atoms in total. The van der Waals surface area contributed by atoms with Crippen LogP contribution in [0, 0.1) is 6.92 Å². The summed E-state index contributed by atoms with van der Waals surface area (Å²) in [6.07, 6.45) is 2.26. The van der Waals surface area contributed by atoms with Gasteiger partial charge in [0, 0.05) is 10.6 Å². The number of benzene rings is 3. The summed E-state index contributed by atoms with van der Waals surface area (Å²) in [6, 6.07) is 19.9. The van der Waals surface area contributed by atoms with Crippen LogP contribution in [-0.4, -0.2) is 48.2 Å². The zero-order valence-electron chi connectivity index (χ0n) is 21.0. The Bertz CT molecular complexity index is 1190. The Kier molecular flexibility index (Phi) is 11.5. The van der Waals surface area contributed by atoms with E-state index < -0.39 is 17.9 Å².